The van der Waals surface area contributed by atoms with Crippen molar-refractivity contribution in [1.29, 1.82) is 0 Å². The number of carboxylic acid groups (broad SMARTS) is 1. The highest BCUT2D eigenvalue weighted by Gasteiger charge is 2.23. The van der Waals surface area contributed by atoms with Gasteiger partial charge in [-0.15, -0.1) is 0 Å². The van der Waals surface area contributed by atoms with Gasteiger partial charge in [-0.3, -0.25) is 4.79 Å². The van der Waals surface area contributed by atoms with Gasteiger partial charge in [0.05, 0.1) is 4.90 Å². The summed E-state index contributed by atoms with van der Waals surface area (Å²) in [6.07, 6.45) is 0.740. The minimum absolute atomic E-state index is 0.113. The molecule has 19 heavy (non-hydrogen) atoms. The van der Waals surface area contributed by atoms with Crippen molar-refractivity contribution in [3.05, 3.63) is 23.8 Å². The highest BCUT2D eigenvalue weighted by molar-refractivity contribution is 7.89. The standard InChI is InChI=1S/C12H16N2O4S/c1-2-13-19(17,18)10-4-3-9-5-6-14(8-12(15)16)11(9)7-10/h3-4,7,13H,2,5-6,8H2,1H3,(H,15,16). The van der Waals surface area contributed by atoms with Crippen molar-refractivity contribution >= 4 is 21.7 Å². The molecule has 1 aromatic rings. The number of fused-ring (bicyclic) bond motifs is 1. The molecule has 0 atom stereocenters. The minimum atomic E-state index is -3.51. The van der Waals surface area contributed by atoms with Crippen molar-refractivity contribution in [2.45, 2.75) is 18.2 Å². The topological polar surface area (TPSA) is 86.7 Å². The normalized spacial score (nSPS) is 14.5. The number of aliphatic carboxylic acids is 1. The second kappa shape index (κ2) is 5.18. The fraction of sp³-hybridized carbons (Fsp3) is 0.417. The molecule has 0 radical (unpaired) electrons. The quantitative estimate of drug-likeness (QED) is 0.819. The second-order valence-corrected chi connectivity index (χ2v) is 6.12. The summed E-state index contributed by atoms with van der Waals surface area (Å²) in [6.45, 7) is 2.52. The molecule has 1 heterocycles. The zero-order valence-electron chi connectivity index (χ0n) is 10.6. The third-order valence-corrected chi connectivity index (χ3v) is 4.56. The number of anilines is 1. The number of carbonyl (C=O) groups is 1. The Hall–Kier alpha value is -1.60. The van der Waals surface area contributed by atoms with E-state index in [0.29, 0.717) is 18.8 Å². The van der Waals surface area contributed by atoms with Crippen LogP contribution in [-0.4, -0.2) is 39.1 Å². The number of hydrogen-bond donors (Lipinski definition) is 2. The van der Waals surface area contributed by atoms with E-state index in [-0.39, 0.29) is 11.4 Å². The van der Waals surface area contributed by atoms with Gasteiger partial charge in [0, 0.05) is 18.8 Å². The average Bonchev–Trinajstić information content (AvgIpc) is 2.71. The third kappa shape index (κ3) is 2.87. The summed E-state index contributed by atoms with van der Waals surface area (Å²) in [6, 6.07) is 4.85. The van der Waals surface area contributed by atoms with Crippen molar-refractivity contribution in [3.63, 3.8) is 0 Å². The lowest BCUT2D eigenvalue weighted by atomic mass is 10.2. The number of carboxylic acids is 1. The molecule has 0 bridgehead atoms. The Morgan fingerprint density at radius 1 is 1.47 bits per heavy atom. The van der Waals surface area contributed by atoms with Crippen LogP contribution in [0, 0.1) is 0 Å². The molecule has 0 fully saturated rings. The zero-order valence-corrected chi connectivity index (χ0v) is 11.4. The summed E-state index contributed by atoms with van der Waals surface area (Å²) in [5.74, 6) is -0.923. The highest BCUT2D eigenvalue weighted by Crippen LogP contribution is 2.30. The Morgan fingerprint density at radius 3 is 2.84 bits per heavy atom. The first kappa shape index (κ1) is 13.8. The molecule has 6 nitrogen and oxygen atoms in total. The van der Waals surface area contributed by atoms with E-state index < -0.39 is 16.0 Å². The number of benzene rings is 1. The minimum Gasteiger partial charge on any atom is -0.480 e. The molecule has 0 amide bonds. The van der Waals surface area contributed by atoms with Gasteiger partial charge < -0.3 is 10.0 Å². The van der Waals surface area contributed by atoms with Crippen molar-refractivity contribution < 1.29 is 18.3 Å². The van der Waals surface area contributed by atoms with Gasteiger partial charge in [-0.25, -0.2) is 13.1 Å². The monoisotopic (exact) mass is 284 g/mol. The Labute approximate surface area is 112 Å². The van der Waals surface area contributed by atoms with Gasteiger partial charge in [0.15, 0.2) is 0 Å². The van der Waals surface area contributed by atoms with Crippen LogP contribution in [0.25, 0.3) is 0 Å². The van der Waals surface area contributed by atoms with Crippen LogP contribution in [-0.2, 0) is 21.2 Å². The van der Waals surface area contributed by atoms with Gasteiger partial charge in [0.2, 0.25) is 10.0 Å². The van der Waals surface area contributed by atoms with E-state index in [1.54, 1.807) is 30.0 Å². The molecule has 0 unspecified atom stereocenters. The number of sulfonamides is 1. The van der Waals surface area contributed by atoms with E-state index in [4.69, 9.17) is 5.11 Å². The van der Waals surface area contributed by atoms with Crippen LogP contribution in [0.3, 0.4) is 0 Å². The van der Waals surface area contributed by atoms with Crippen LogP contribution in [0.1, 0.15) is 12.5 Å². The second-order valence-electron chi connectivity index (χ2n) is 4.36. The summed E-state index contributed by atoms with van der Waals surface area (Å²) in [4.78, 5) is 12.6. The van der Waals surface area contributed by atoms with E-state index in [0.717, 1.165) is 12.0 Å². The highest BCUT2D eigenvalue weighted by atomic mass is 32.2. The Morgan fingerprint density at radius 2 is 2.21 bits per heavy atom. The van der Waals surface area contributed by atoms with Crippen molar-refractivity contribution in [3.8, 4) is 0 Å². The predicted octanol–water partition coefficient (Wildman–Crippen LogP) is 0.432. The SMILES string of the molecule is CCNS(=O)(=O)c1ccc2c(c1)N(CC(=O)O)CC2. The van der Waals surface area contributed by atoms with Crippen LogP contribution in [0.4, 0.5) is 5.69 Å². The lowest BCUT2D eigenvalue weighted by Gasteiger charge is -2.17. The maximum Gasteiger partial charge on any atom is 0.323 e. The Bertz CT molecular complexity index is 598. The van der Waals surface area contributed by atoms with Crippen molar-refractivity contribution in [2.75, 3.05) is 24.5 Å². The first-order chi connectivity index (χ1) is 8.94. The van der Waals surface area contributed by atoms with E-state index in [1.807, 2.05) is 0 Å². The van der Waals surface area contributed by atoms with Gasteiger partial charge in [-0.1, -0.05) is 13.0 Å². The van der Waals surface area contributed by atoms with E-state index >= 15 is 0 Å². The fourth-order valence-corrected chi connectivity index (χ4v) is 3.25. The lowest BCUT2D eigenvalue weighted by molar-refractivity contribution is -0.135. The molecule has 0 spiro atoms. The van der Waals surface area contributed by atoms with E-state index in [2.05, 4.69) is 4.72 Å². The predicted molar refractivity (Wildman–Crippen MR) is 70.9 cm³/mol. The van der Waals surface area contributed by atoms with Crippen molar-refractivity contribution in [1.82, 2.24) is 4.72 Å². The molecule has 7 heteroatoms. The number of hydrogen-bond acceptors (Lipinski definition) is 4. The van der Waals surface area contributed by atoms with Gasteiger partial charge in [-0.05, 0) is 24.1 Å². The fourth-order valence-electron chi connectivity index (χ4n) is 2.19. The van der Waals surface area contributed by atoms with Gasteiger partial charge in [-0.2, -0.15) is 0 Å². The largest absolute Gasteiger partial charge is 0.480 e. The molecule has 1 aliphatic heterocycles. The van der Waals surface area contributed by atoms with Gasteiger partial charge >= 0.3 is 5.97 Å². The Balaban J connectivity index is 2.35. The molecule has 0 aromatic heterocycles. The molecule has 0 saturated heterocycles. The maximum atomic E-state index is 11.9. The van der Waals surface area contributed by atoms with Crippen LogP contribution < -0.4 is 9.62 Å². The van der Waals surface area contributed by atoms with E-state index in [1.165, 1.54) is 0 Å². The van der Waals surface area contributed by atoms with Gasteiger partial charge in [0.1, 0.15) is 6.54 Å². The molecule has 1 aliphatic rings. The summed E-state index contributed by atoms with van der Waals surface area (Å²) in [5.41, 5.74) is 1.68. The van der Waals surface area contributed by atoms with Crippen LogP contribution in [0.15, 0.2) is 23.1 Å². The molecule has 0 saturated carbocycles. The summed E-state index contributed by atoms with van der Waals surface area (Å²) in [5, 5.41) is 8.84. The van der Waals surface area contributed by atoms with E-state index in [9.17, 15) is 13.2 Å². The van der Waals surface area contributed by atoms with Crippen LogP contribution in [0.2, 0.25) is 0 Å². The Kier molecular flexibility index (Phi) is 3.77. The molecular formula is C12H16N2O4S. The van der Waals surface area contributed by atoms with Crippen LogP contribution >= 0.6 is 0 Å². The summed E-state index contributed by atoms with van der Waals surface area (Å²) in [7, 11) is -3.51. The number of nitrogens with zero attached hydrogens (tertiary/aromatic N) is 1. The maximum absolute atomic E-state index is 11.9. The molecule has 104 valence electrons. The lowest BCUT2D eigenvalue weighted by Crippen LogP contribution is -2.28. The number of rotatable bonds is 5. The molecule has 1 aromatic carbocycles. The smallest absolute Gasteiger partial charge is 0.323 e. The molecule has 2 N–H and O–H groups in total. The first-order valence-corrected chi connectivity index (χ1v) is 7.51. The van der Waals surface area contributed by atoms with Crippen LogP contribution in [0.5, 0.6) is 0 Å². The summed E-state index contributed by atoms with van der Waals surface area (Å²) >= 11 is 0. The number of nitrogens with one attached hydrogen (secondary N) is 1. The average molecular weight is 284 g/mol. The zero-order chi connectivity index (χ0) is 14.0. The molecule has 0 aliphatic carbocycles. The summed E-state index contributed by atoms with van der Waals surface area (Å²) < 4.78 is 26.3. The first-order valence-electron chi connectivity index (χ1n) is 6.03. The molecular weight excluding hydrogens is 268 g/mol. The van der Waals surface area contributed by atoms with Crippen molar-refractivity contribution in [2.24, 2.45) is 0 Å². The van der Waals surface area contributed by atoms with Gasteiger partial charge in [0.25, 0.3) is 0 Å². The third-order valence-electron chi connectivity index (χ3n) is 3.02. The molecule has 2 rings (SSSR count).